The van der Waals surface area contributed by atoms with Crippen LogP contribution in [0.1, 0.15) is 10.4 Å². The van der Waals surface area contributed by atoms with Crippen molar-refractivity contribution in [3.63, 3.8) is 0 Å². The van der Waals surface area contributed by atoms with Gasteiger partial charge < -0.3 is 20.2 Å². The maximum Gasteiger partial charge on any atom is 0.257 e. The molecule has 1 aliphatic heterocycles. The second-order valence-electron chi connectivity index (χ2n) is 4.95. The number of phenols is 1. The van der Waals surface area contributed by atoms with Crippen molar-refractivity contribution in [1.82, 2.24) is 15.1 Å². The van der Waals surface area contributed by atoms with Gasteiger partial charge in [-0.1, -0.05) is 0 Å². The maximum atomic E-state index is 12.3. The van der Waals surface area contributed by atoms with Crippen LogP contribution >= 0.6 is 22.6 Å². The van der Waals surface area contributed by atoms with Crippen LogP contribution in [0.4, 0.5) is 0 Å². The normalized spacial score (nSPS) is 14.9. The summed E-state index contributed by atoms with van der Waals surface area (Å²) >= 11 is 2.08. The van der Waals surface area contributed by atoms with E-state index in [1.165, 1.54) is 11.0 Å². The Labute approximate surface area is 137 Å². The molecule has 0 spiro atoms. The molecule has 2 amide bonds. The lowest BCUT2D eigenvalue weighted by molar-refractivity contribution is -0.132. The predicted octanol–water partition coefficient (Wildman–Crippen LogP) is 0.501. The second-order valence-corrected chi connectivity index (χ2v) is 6.20. The summed E-state index contributed by atoms with van der Waals surface area (Å²) in [7, 11) is 1.57. The number of nitrogens with one attached hydrogen (secondary N) is 1. The Morgan fingerprint density at radius 1 is 1.38 bits per heavy atom. The fraction of sp³-hybridized carbons (Fsp3) is 0.429. The Bertz CT molecular complexity index is 544. The van der Waals surface area contributed by atoms with Gasteiger partial charge in [-0.2, -0.15) is 0 Å². The molecule has 1 aliphatic rings. The third-order valence-corrected chi connectivity index (χ3v) is 4.05. The smallest absolute Gasteiger partial charge is 0.257 e. The average molecular weight is 403 g/mol. The van der Waals surface area contributed by atoms with Crippen LogP contribution in [0.5, 0.6) is 5.75 Å². The topological polar surface area (TPSA) is 72.9 Å². The van der Waals surface area contributed by atoms with Gasteiger partial charge >= 0.3 is 0 Å². The fourth-order valence-corrected chi connectivity index (χ4v) is 2.67. The first-order valence-electron chi connectivity index (χ1n) is 6.71. The zero-order valence-electron chi connectivity index (χ0n) is 11.8. The van der Waals surface area contributed by atoms with Crippen LogP contribution in [0.25, 0.3) is 0 Å². The quantitative estimate of drug-likeness (QED) is 0.722. The highest BCUT2D eigenvalue weighted by atomic mass is 127. The standard InChI is InChI=1S/C14H18IN3O3/c1-17(9-13(20)18-6-4-16-5-7-18)14(21)11-8-10(15)2-3-12(11)19/h2-3,8,16,19H,4-7,9H2,1H3. The van der Waals surface area contributed by atoms with Crippen LogP contribution in [0.3, 0.4) is 0 Å². The molecule has 7 heteroatoms. The molecular formula is C14H18IN3O3. The predicted molar refractivity (Wildman–Crippen MR) is 87.2 cm³/mol. The molecule has 1 aromatic carbocycles. The summed E-state index contributed by atoms with van der Waals surface area (Å²) in [5, 5.41) is 13.0. The second kappa shape index (κ2) is 7.08. The van der Waals surface area contributed by atoms with Crippen molar-refractivity contribution in [2.75, 3.05) is 39.8 Å². The van der Waals surface area contributed by atoms with Gasteiger partial charge in [0.1, 0.15) is 5.75 Å². The molecule has 0 radical (unpaired) electrons. The number of halogens is 1. The summed E-state index contributed by atoms with van der Waals surface area (Å²) in [6.45, 7) is 2.90. The molecule has 1 fully saturated rings. The summed E-state index contributed by atoms with van der Waals surface area (Å²) in [6, 6.07) is 4.82. The molecule has 0 bridgehead atoms. The Hall–Kier alpha value is -1.35. The summed E-state index contributed by atoms with van der Waals surface area (Å²) in [5.74, 6) is -0.492. The number of rotatable bonds is 3. The summed E-state index contributed by atoms with van der Waals surface area (Å²) < 4.78 is 0.857. The van der Waals surface area contributed by atoms with Crippen LogP contribution in [-0.4, -0.2) is 66.5 Å². The highest BCUT2D eigenvalue weighted by Gasteiger charge is 2.22. The molecule has 0 aliphatic carbocycles. The summed E-state index contributed by atoms with van der Waals surface area (Å²) in [4.78, 5) is 27.5. The SMILES string of the molecule is CN(CC(=O)N1CCNCC1)C(=O)c1cc(I)ccc1O. The highest BCUT2D eigenvalue weighted by Crippen LogP contribution is 2.21. The number of aromatic hydroxyl groups is 1. The van der Waals surface area contributed by atoms with E-state index in [0.717, 1.165) is 16.7 Å². The van der Waals surface area contributed by atoms with Crippen molar-refractivity contribution < 1.29 is 14.7 Å². The lowest BCUT2D eigenvalue weighted by Gasteiger charge is -2.29. The van der Waals surface area contributed by atoms with E-state index in [-0.39, 0.29) is 29.7 Å². The molecule has 0 atom stereocenters. The molecule has 2 N–H and O–H groups in total. The molecular weight excluding hydrogens is 385 g/mol. The molecule has 1 aromatic rings. The number of benzene rings is 1. The number of carbonyl (C=O) groups is 2. The lowest BCUT2D eigenvalue weighted by Crippen LogP contribution is -2.49. The lowest BCUT2D eigenvalue weighted by atomic mass is 10.2. The van der Waals surface area contributed by atoms with Gasteiger partial charge in [0.05, 0.1) is 12.1 Å². The molecule has 0 saturated carbocycles. The van der Waals surface area contributed by atoms with E-state index in [2.05, 4.69) is 27.9 Å². The highest BCUT2D eigenvalue weighted by molar-refractivity contribution is 14.1. The Morgan fingerprint density at radius 2 is 2.05 bits per heavy atom. The van der Waals surface area contributed by atoms with Crippen LogP contribution in [-0.2, 0) is 4.79 Å². The number of amides is 2. The Morgan fingerprint density at radius 3 is 2.71 bits per heavy atom. The molecule has 0 unspecified atom stereocenters. The zero-order valence-corrected chi connectivity index (χ0v) is 14.0. The van der Waals surface area contributed by atoms with Crippen molar-refractivity contribution in [3.8, 4) is 5.75 Å². The average Bonchev–Trinajstić information content (AvgIpc) is 2.49. The van der Waals surface area contributed by atoms with E-state index in [4.69, 9.17) is 0 Å². The van der Waals surface area contributed by atoms with Crippen molar-refractivity contribution >= 4 is 34.4 Å². The molecule has 1 saturated heterocycles. The number of phenolic OH excluding ortho intramolecular Hbond substituents is 1. The largest absolute Gasteiger partial charge is 0.507 e. The minimum Gasteiger partial charge on any atom is -0.507 e. The third-order valence-electron chi connectivity index (χ3n) is 3.38. The number of hydrogen-bond donors (Lipinski definition) is 2. The minimum absolute atomic E-state index is 0.0176. The number of likely N-dealkylation sites (N-methyl/N-ethyl adjacent to an activating group) is 1. The van der Waals surface area contributed by atoms with Gasteiger partial charge in [0.2, 0.25) is 5.91 Å². The maximum absolute atomic E-state index is 12.3. The van der Waals surface area contributed by atoms with Gasteiger partial charge in [0, 0.05) is 36.8 Å². The molecule has 114 valence electrons. The van der Waals surface area contributed by atoms with Gasteiger partial charge in [-0.3, -0.25) is 9.59 Å². The van der Waals surface area contributed by atoms with Crippen molar-refractivity contribution in [1.29, 1.82) is 0 Å². The van der Waals surface area contributed by atoms with Crippen molar-refractivity contribution in [2.45, 2.75) is 0 Å². The van der Waals surface area contributed by atoms with Crippen molar-refractivity contribution in [2.24, 2.45) is 0 Å². The van der Waals surface area contributed by atoms with E-state index in [0.29, 0.717) is 13.1 Å². The van der Waals surface area contributed by atoms with Crippen LogP contribution < -0.4 is 5.32 Å². The van der Waals surface area contributed by atoms with Gasteiger partial charge in [0.25, 0.3) is 5.91 Å². The van der Waals surface area contributed by atoms with E-state index >= 15 is 0 Å². The zero-order chi connectivity index (χ0) is 15.4. The van der Waals surface area contributed by atoms with E-state index < -0.39 is 0 Å². The van der Waals surface area contributed by atoms with Crippen LogP contribution in [0.2, 0.25) is 0 Å². The number of carbonyl (C=O) groups excluding carboxylic acids is 2. The molecule has 0 aromatic heterocycles. The number of piperazine rings is 1. The van der Waals surface area contributed by atoms with E-state index in [1.54, 1.807) is 24.1 Å². The molecule has 1 heterocycles. The fourth-order valence-electron chi connectivity index (χ4n) is 2.17. The van der Waals surface area contributed by atoms with Crippen molar-refractivity contribution in [3.05, 3.63) is 27.3 Å². The summed E-state index contributed by atoms with van der Waals surface area (Å²) in [6.07, 6.45) is 0. The molecule has 21 heavy (non-hydrogen) atoms. The summed E-state index contributed by atoms with van der Waals surface area (Å²) in [5.41, 5.74) is 0.220. The van der Waals surface area contributed by atoms with Gasteiger partial charge in [-0.25, -0.2) is 0 Å². The molecule has 2 rings (SSSR count). The first-order chi connectivity index (χ1) is 9.99. The number of nitrogens with zero attached hydrogens (tertiary/aromatic N) is 2. The van der Waals surface area contributed by atoms with Gasteiger partial charge in [0.15, 0.2) is 0 Å². The van der Waals surface area contributed by atoms with E-state index in [1.807, 2.05) is 0 Å². The van der Waals surface area contributed by atoms with Crippen LogP contribution in [0.15, 0.2) is 18.2 Å². The van der Waals surface area contributed by atoms with Gasteiger partial charge in [-0.15, -0.1) is 0 Å². The van der Waals surface area contributed by atoms with Crippen LogP contribution in [0, 0.1) is 3.57 Å². The van der Waals surface area contributed by atoms with E-state index in [9.17, 15) is 14.7 Å². The monoisotopic (exact) mass is 403 g/mol. The van der Waals surface area contributed by atoms with Gasteiger partial charge in [-0.05, 0) is 40.8 Å². The Kier molecular flexibility index (Phi) is 5.40. The Balaban J connectivity index is 2.02. The first kappa shape index (κ1) is 16.0. The third kappa shape index (κ3) is 4.07. The minimum atomic E-state index is -0.352. The molecule has 6 nitrogen and oxygen atoms in total. The first-order valence-corrected chi connectivity index (χ1v) is 7.79. The number of hydrogen-bond acceptors (Lipinski definition) is 4.